The summed E-state index contributed by atoms with van der Waals surface area (Å²) in [6, 6.07) is 10.4. The number of hydrogen-bond donors (Lipinski definition) is 1. The first kappa shape index (κ1) is 18.0. The lowest BCUT2D eigenvalue weighted by atomic mass is 10.0. The number of amides is 2. The molecular weight excluding hydrogens is 373 g/mol. The van der Waals surface area contributed by atoms with Gasteiger partial charge in [0.05, 0.1) is 5.56 Å². The van der Waals surface area contributed by atoms with Gasteiger partial charge in [0.1, 0.15) is 12.4 Å². The maximum Gasteiger partial charge on any atom is 0.338 e. The van der Waals surface area contributed by atoms with Crippen LogP contribution in [0.25, 0.3) is 0 Å². The highest BCUT2D eigenvalue weighted by Crippen LogP contribution is 2.33. The van der Waals surface area contributed by atoms with E-state index in [1.165, 1.54) is 11.6 Å². The summed E-state index contributed by atoms with van der Waals surface area (Å²) in [5.41, 5.74) is 4.15. The number of nitrogens with zero attached hydrogens (tertiary/aromatic N) is 2. The summed E-state index contributed by atoms with van der Waals surface area (Å²) in [4.78, 5) is 28.4. The zero-order valence-corrected chi connectivity index (χ0v) is 16.0. The monoisotopic (exact) mass is 395 g/mol. The van der Waals surface area contributed by atoms with E-state index in [2.05, 4.69) is 10.2 Å². The number of urea groups is 1. The Morgan fingerprint density at radius 1 is 1.07 bits per heavy atom. The van der Waals surface area contributed by atoms with Gasteiger partial charge in [-0.25, -0.2) is 14.0 Å². The smallest absolute Gasteiger partial charge is 0.338 e. The number of anilines is 2. The number of hydrogen-bond acceptors (Lipinski definition) is 4. The Kier molecular flexibility index (Phi) is 4.38. The second-order valence-corrected chi connectivity index (χ2v) is 7.81. The molecule has 1 N–H and O–H groups in total. The second-order valence-electron chi connectivity index (χ2n) is 7.81. The molecule has 0 radical (unpaired) electrons. The van der Waals surface area contributed by atoms with E-state index in [1.807, 2.05) is 12.1 Å². The van der Waals surface area contributed by atoms with Gasteiger partial charge in [-0.15, -0.1) is 0 Å². The van der Waals surface area contributed by atoms with Crippen LogP contribution in [0.5, 0.6) is 0 Å². The van der Waals surface area contributed by atoms with Crippen molar-refractivity contribution in [3.8, 4) is 0 Å². The molecule has 29 heavy (non-hydrogen) atoms. The molecule has 6 nitrogen and oxygen atoms in total. The number of piperidine rings is 1. The van der Waals surface area contributed by atoms with Crippen molar-refractivity contribution in [3.63, 3.8) is 0 Å². The van der Waals surface area contributed by atoms with E-state index in [-0.39, 0.29) is 17.8 Å². The number of ether oxygens (including phenoxy) is 1. The van der Waals surface area contributed by atoms with Crippen molar-refractivity contribution in [1.29, 1.82) is 0 Å². The molecule has 3 heterocycles. The zero-order chi connectivity index (χ0) is 20.0. The molecule has 0 aliphatic carbocycles. The first-order chi connectivity index (χ1) is 14.1. The molecule has 2 aromatic carbocycles. The van der Waals surface area contributed by atoms with Crippen molar-refractivity contribution >= 4 is 23.4 Å². The van der Waals surface area contributed by atoms with Crippen LogP contribution in [-0.4, -0.2) is 42.6 Å². The first-order valence-electron chi connectivity index (χ1n) is 9.99. The van der Waals surface area contributed by atoms with Crippen LogP contribution < -0.4 is 10.2 Å². The van der Waals surface area contributed by atoms with E-state index in [1.54, 1.807) is 23.1 Å². The lowest BCUT2D eigenvalue weighted by Crippen LogP contribution is -2.47. The normalized spacial score (nSPS) is 18.4. The Morgan fingerprint density at radius 3 is 2.69 bits per heavy atom. The number of carbonyl (C=O) groups is 2. The van der Waals surface area contributed by atoms with Crippen LogP contribution in [0.2, 0.25) is 0 Å². The predicted octanol–water partition coefficient (Wildman–Crippen LogP) is 3.56. The third kappa shape index (κ3) is 3.30. The van der Waals surface area contributed by atoms with E-state index in [9.17, 15) is 14.0 Å². The summed E-state index contributed by atoms with van der Waals surface area (Å²) in [5, 5.41) is 2.89. The molecule has 0 atom stereocenters. The van der Waals surface area contributed by atoms with Crippen molar-refractivity contribution in [2.75, 3.05) is 29.9 Å². The fourth-order valence-corrected chi connectivity index (χ4v) is 4.53. The van der Waals surface area contributed by atoms with Crippen LogP contribution in [0.1, 0.15) is 34.3 Å². The molecule has 0 aromatic heterocycles. The number of rotatable bonds is 2. The van der Waals surface area contributed by atoms with Crippen LogP contribution >= 0.6 is 0 Å². The average molecular weight is 395 g/mol. The summed E-state index contributed by atoms with van der Waals surface area (Å²) in [6.07, 6.45) is 2.64. The predicted molar refractivity (Wildman–Crippen MR) is 107 cm³/mol. The van der Waals surface area contributed by atoms with Gasteiger partial charge in [0, 0.05) is 42.6 Å². The van der Waals surface area contributed by atoms with Crippen LogP contribution in [0, 0.1) is 5.82 Å². The fourth-order valence-electron chi connectivity index (χ4n) is 4.53. The molecule has 5 rings (SSSR count). The molecule has 1 fully saturated rings. The topological polar surface area (TPSA) is 61.9 Å². The highest BCUT2D eigenvalue weighted by atomic mass is 19.1. The quantitative estimate of drug-likeness (QED) is 0.790. The molecule has 0 bridgehead atoms. The number of carbonyl (C=O) groups excluding carboxylic acids is 2. The highest BCUT2D eigenvalue weighted by Gasteiger charge is 2.31. The molecule has 3 aliphatic heterocycles. The highest BCUT2D eigenvalue weighted by molar-refractivity contribution is 5.96. The number of fused-ring (bicyclic) bond motifs is 2. The van der Waals surface area contributed by atoms with Crippen LogP contribution in [0.15, 0.2) is 36.4 Å². The number of halogens is 1. The minimum absolute atomic E-state index is 0.164. The minimum atomic E-state index is -0.348. The summed E-state index contributed by atoms with van der Waals surface area (Å²) >= 11 is 0. The standard InChI is InChI=1S/C22H22FN3O3/c23-16-3-1-14-5-10-26(20(14)11-16)18-6-8-25(9-7-18)22(28)24-17-4-2-15-13-29-21(27)19(15)12-17/h1-4,11-12,18H,5-10,13H2,(H,24,28). The van der Waals surface area contributed by atoms with Crippen molar-refractivity contribution < 1.29 is 18.7 Å². The van der Waals surface area contributed by atoms with Crippen LogP contribution in [0.4, 0.5) is 20.6 Å². The minimum Gasteiger partial charge on any atom is -0.457 e. The lowest BCUT2D eigenvalue weighted by molar-refractivity contribution is 0.0535. The first-order valence-corrected chi connectivity index (χ1v) is 9.99. The summed E-state index contributed by atoms with van der Waals surface area (Å²) in [5.74, 6) is -0.551. The van der Waals surface area contributed by atoms with E-state index in [0.29, 0.717) is 37.0 Å². The fraction of sp³-hybridized carbons (Fsp3) is 0.364. The van der Waals surface area contributed by atoms with Crippen LogP contribution in [-0.2, 0) is 17.8 Å². The van der Waals surface area contributed by atoms with Crippen molar-refractivity contribution in [1.82, 2.24) is 4.90 Å². The second kappa shape index (κ2) is 7.06. The van der Waals surface area contributed by atoms with Gasteiger partial charge in [-0.3, -0.25) is 0 Å². The number of likely N-dealkylation sites (tertiary alicyclic amines) is 1. The van der Waals surface area contributed by atoms with Crippen molar-refractivity contribution in [2.24, 2.45) is 0 Å². The van der Waals surface area contributed by atoms with E-state index in [0.717, 1.165) is 37.1 Å². The SMILES string of the molecule is O=C1OCc2ccc(NC(=O)N3CCC(N4CCc5ccc(F)cc54)CC3)cc21. The van der Waals surface area contributed by atoms with Crippen LogP contribution in [0.3, 0.4) is 0 Å². The van der Waals surface area contributed by atoms with Gasteiger partial charge in [0.25, 0.3) is 0 Å². The van der Waals surface area contributed by atoms with E-state index < -0.39 is 0 Å². The van der Waals surface area contributed by atoms with Gasteiger partial charge in [-0.2, -0.15) is 0 Å². The van der Waals surface area contributed by atoms with Crippen molar-refractivity contribution in [2.45, 2.75) is 31.9 Å². The summed E-state index contributed by atoms with van der Waals surface area (Å²) in [6.45, 7) is 2.48. The third-order valence-corrected chi connectivity index (χ3v) is 6.11. The molecule has 1 saturated heterocycles. The summed E-state index contributed by atoms with van der Waals surface area (Å²) in [7, 11) is 0. The number of nitrogens with one attached hydrogen (secondary N) is 1. The van der Waals surface area contributed by atoms with Gasteiger partial charge in [0.15, 0.2) is 0 Å². The maximum atomic E-state index is 13.7. The maximum absolute atomic E-state index is 13.7. The third-order valence-electron chi connectivity index (χ3n) is 6.11. The molecule has 7 heteroatoms. The summed E-state index contributed by atoms with van der Waals surface area (Å²) < 4.78 is 18.7. The molecule has 0 saturated carbocycles. The van der Waals surface area contributed by atoms with Gasteiger partial charge in [0.2, 0.25) is 0 Å². The van der Waals surface area contributed by atoms with Gasteiger partial charge >= 0.3 is 12.0 Å². The molecule has 0 spiro atoms. The Labute approximate surface area is 168 Å². The zero-order valence-electron chi connectivity index (χ0n) is 16.0. The Hall–Kier alpha value is -3.09. The Balaban J connectivity index is 1.21. The largest absolute Gasteiger partial charge is 0.457 e. The molecule has 3 aliphatic rings. The van der Waals surface area contributed by atoms with E-state index in [4.69, 9.17) is 4.74 Å². The average Bonchev–Trinajstić information content (AvgIpc) is 3.31. The molecular formula is C22H22FN3O3. The van der Waals surface area contributed by atoms with Gasteiger partial charge in [-0.1, -0.05) is 12.1 Å². The Bertz CT molecular complexity index is 985. The van der Waals surface area contributed by atoms with Gasteiger partial charge < -0.3 is 19.9 Å². The Morgan fingerprint density at radius 2 is 1.86 bits per heavy atom. The lowest BCUT2D eigenvalue weighted by Gasteiger charge is -2.38. The molecule has 2 amide bonds. The van der Waals surface area contributed by atoms with Gasteiger partial charge in [-0.05, 0) is 49.1 Å². The van der Waals surface area contributed by atoms with E-state index >= 15 is 0 Å². The number of cyclic esters (lactones) is 1. The molecule has 0 unspecified atom stereocenters. The van der Waals surface area contributed by atoms with Crippen molar-refractivity contribution in [3.05, 3.63) is 58.9 Å². The molecule has 2 aromatic rings. The number of benzene rings is 2. The molecule has 150 valence electrons. The number of esters is 1.